The Hall–Kier alpha value is -2.75. The van der Waals surface area contributed by atoms with Crippen LogP contribution in [-0.4, -0.2) is 58.8 Å². The minimum atomic E-state index is -1.11. The third-order valence-electron chi connectivity index (χ3n) is 5.44. The molecule has 10 heteroatoms. The van der Waals surface area contributed by atoms with Crippen molar-refractivity contribution in [1.82, 2.24) is 15.6 Å². The van der Waals surface area contributed by atoms with Crippen LogP contribution >= 0.6 is 0 Å². The van der Waals surface area contributed by atoms with E-state index in [1.54, 1.807) is 25.7 Å². The van der Waals surface area contributed by atoms with Crippen LogP contribution < -0.4 is 15.5 Å². The number of pyridine rings is 1. The first kappa shape index (κ1) is 22.9. The third-order valence-corrected chi connectivity index (χ3v) is 5.44. The van der Waals surface area contributed by atoms with E-state index in [9.17, 15) is 23.9 Å². The third kappa shape index (κ3) is 5.90. The Bertz CT molecular complexity index is 862. The highest BCUT2D eigenvalue weighted by Gasteiger charge is 2.35. The van der Waals surface area contributed by atoms with Crippen LogP contribution in [0, 0.1) is 5.82 Å². The van der Waals surface area contributed by atoms with Gasteiger partial charge in [-0.05, 0) is 51.7 Å². The van der Waals surface area contributed by atoms with Gasteiger partial charge in [0, 0.05) is 32.3 Å². The molecule has 0 bridgehead atoms. The lowest BCUT2D eigenvalue weighted by molar-refractivity contribution is -0.134. The summed E-state index contributed by atoms with van der Waals surface area (Å²) in [5.41, 5.74) is -1.31. The predicted molar refractivity (Wildman–Crippen MR) is 110 cm³/mol. The van der Waals surface area contributed by atoms with Crippen LogP contribution in [0.25, 0.3) is 0 Å². The van der Waals surface area contributed by atoms with Crippen LogP contribution in [0.1, 0.15) is 57.9 Å². The topological polar surface area (TPSA) is 121 Å². The van der Waals surface area contributed by atoms with Crippen molar-refractivity contribution in [3.05, 3.63) is 23.6 Å². The largest absolute Gasteiger partial charge is 0.444 e. The summed E-state index contributed by atoms with van der Waals surface area (Å²) in [5.74, 6) is -1.77. The summed E-state index contributed by atoms with van der Waals surface area (Å²) < 4.78 is 19.9. The number of hydrogen-bond acceptors (Lipinski definition) is 7. The van der Waals surface area contributed by atoms with Crippen molar-refractivity contribution in [2.24, 2.45) is 0 Å². The number of nitrogens with zero attached hydrogens (tertiary/aromatic N) is 2. The van der Waals surface area contributed by atoms with Gasteiger partial charge in [-0.1, -0.05) is 0 Å². The maximum Gasteiger partial charge on any atom is 0.407 e. The van der Waals surface area contributed by atoms with E-state index in [0.717, 1.165) is 0 Å². The van der Waals surface area contributed by atoms with Crippen LogP contribution in [0.3, 0.4) is 0 Å². The minimum Gasteiger partial charge on any atom is -0.444 e. The second kappa shape index (κ2) is 8.78. The zero-order chi connectivity index (χ0) is 22.8. The Morgan fingerprint density at radius 1 is 1.39 bits per heavy atom. The van der Waals surface area contributed by atoms with E-state index >= 15 is 0 Å². The maximum absolute atomic E-state index is 14.8. The molecule has 31 heavy (non-hydrogen) atoms. The molecule has 1 atom stereocenters. The Morgan fingerprint density at radius 2 is 2.06 bits per heavy atom. The molecule has 2 aliphatic rings. The number of aromatic nitrogens is 1. The molecule has 0 saturated carbocycles. The summed E-state index contributed by atoms with van der Waals surface area (Å²) in [6, 6.07) is 1.28. The Kier molecular flexibility index (Phi) is 6.49. The molecule has 1 unspecified atom stereocenters. The van der Waals surface area contributed by atoms with E-state index in [2.05, 4.69) is 15.6 Å². The Labute approximate surface area is 180 Å². The molecule has 0 spiro atoms. The van der Waals surface area contributed by atoms with Gasteiger partial charge in [-0.15, -0.1) is 0 Å². The molecule has 2 saturated heterocycles. The molecule has 9 nitrogen and oxygen atoms in total. The average Bonchev–Trinajstić information content (AvgIpc) is 2.66. The normalized spacial score (nSPS) is 21.5. The molecular weight excluding hydrogens is 407 g/mol. The van der Waals surface area contributed by atoms with Crippen LogP contribution in [0.4, 0.5) is 15.0 Å². The number of halogens is 1. The number of rotatable bonds is 4. The number of aliphatic hydroxyl groups is 1. The fourth-order valence-corrected chi connectivity index (χ4v) is 3.74. The summed E-state index contributed by atoms with van der Waals surface area (Å²) >= 11 is 0. The van der Waals surface area contributed by atoms with Gasteiger partial charge in [-0.3, -0.25) is 14.9 Å². The zero-order valence-electron chi connectivity index (χ0n) is 18.0. The summed E-state index contributed by atoms with van der Waals surface area (Å²) in [4.78, 5) is 41.0. The van der Waals surface area contributed by atoms with E-state index in [1.165, 1.54) is 12.3 Å². The number of piperidine rings is 2. The number of anilines is 1. The predicted octanol–water partition coefficient (Wildman–Crippen LogP) is 1.60. The minimum absolute atomic E-state index is 0.0418. The van der Waals surface area contributed by atoms with Gasteiger partial charge < -0.3 is 20.1 Å². The van der Waals surface area contributed by atoms with Gasteiger partial charge in [0.25, 0.3) is 0 Å². The van der Waals surface area contributed by atoms with Gasteiger partial charge in [0.1, 0.15) is 5.60 Å². The monoisotopic (exact) mass is 436 g/mol. The van der Waals surface area contributed by atoms with Gasteiger partial charge in [0.2, 0.25) is 11.8 Å². The van der Waals surface area contributed by atoms with Crippen LogP contribution in [-0.2, 0) is 14.3 Å². The van der Waals surface area contributed by atoms with Crippen LogP contribution in [0.2, 0.25) is 0 Å². The first-order valence-electron chi connectivity index (χ1n) is 10.4. The highest BCUT2D eigenvalue weighted by Crippen LogP contribution is 2.30. The smallest absolute Gasteiger partial charge is 0.407 e. The number of carbonyl (C=O) groups is 3. The molecule has 0 aromatic carbocycles. The highest BCUT2D eigenvalue weighted by molar-refractivity contribution is 6.00. The van der Waals surface area contributed by atoms with Gasteiger partial charge in [-0.25, -0.2) is 14.2 Å². The maximum atomic E-state index is 14.8. The second-order valence-electron chi connectivity index (χ2n) is 9.14. The Morgan fingerprint density at radius 3 is 2.65 bits per heavy atom. The highest BCUT2D eigenvalue weighted by atomic mass is 19.1. The molecular formula is C21H29FN4O5. The summed E-state index contributed by atoms with van der Waals surface area (Å²) in [6.07, 6.45) is 2.04. The summed E-state index contributed by atoms with van der Waals surface area (Å²) in [6.45, 7) is 6.02. The van der Waals surface area contributed by atoms with Crippen molar-refractivity contribution >= 4 is 23.7 Å². The number of imide groups is 1. The number of ether oxygens (including phenoxy) is 1. The molecule has 3 heterocycles. The number of carbonyl (C=O) groups excluding carboxylic acids is 3. The van der Waals surface area contributed by atoms with Crippen molar-refractivity contribution in [3.63, 3.8) is 0 Å². The molecule has 0 aliphatic carbocycles. The van der Waals surface area contributed by atoms with E-state index in [-0.39, 0.29) is 24.7 Å². The second-order valence-corrected chi connectivity index (χ2v) is 9.14. The van der Waals surface area contributed by atoms with E-state index in [4.69, 9.17) is 4.74 Å². The molecule has 3 rings (SSSR count). The molecule has 2 fully saturated rings. The van der Waals surface area contributed by atoms with Gasteiger partial charge in [-0.2, -0.15) is 0 Å². The number of nitrogens with one attached hydrogen (secondary N) is 2. The average molecular weight is 436 g/mol. The first-order valence-corrected chi connectivity index (χ1v) is 10.4. The van der Waals surface area contributed by atoms with Gasteiger partial charge >= 0.3 is 6.09 Å². The van der Waals surface area contributed by atoms with Gasteiger partial charge in [0.05, 0.1) is 11.5 Å². The fourth-order valence-electron chi connectivity index (χ4n) is 3.74. The lowest BCUT2D eigenvalue weighted by Gasteiger charge is -2.39. The van der Waals surface area contributed by atoms with Crippen LogP contribution in [0.5, 0.6) is 0 Å². The van der Waals surface area contributed by atoms with E-state index < -0.39 is 34.9 Å². The summed E-state index contributed by atoms with van der Waals surface area (Å²) in [7, 11) is 0. The molecule has 2 aliphatic heterocycles. The lowest BCUT2D eigenvalue weighted by Crippen LogP contribution is -2.51. The quantitative estimate of drug-likeness (QED) is 0.613. The Balaban J connectivity index is 1.57. The van der Waals surface area contributed by atoms with Crippen molar-refractivity contribution in [2.45, 2.75) is 63.6 Å². The van der Waals surface area contributed by atoms with Crippen molar-refractivity contribution in [2.75, 3.05) is 24.5 Å². The van der Waals surface area contributed by atoms with E-state index in [0.29, 0.717) is 37.9 Å². The molecule has 170 valence electrons. The molecule has 1 aromatic rings. The number of amides is 3. The molecule has 1 aromatic heterocycles. The first-order chi connectivity index (χ1) is 14.5. The molecule has 3 N–H and O–H groups in total. The number of alkyl carbamates (subject to hydrolysis) is 1. The van der Waals surface area contributed by atoms with Crippen LogP contribution in [0.15, 0.2) is 12.3 Å². The zero-order valence-corrected chi connectivity index (χ0v) is 18.0. The van der Waals surface area contributed by atoms with Crippen molar-refractivity contribution in [3.8, 4) is 0 Å². The van der Waals surface area contributed by atoms with Gasteiger partial charge in [0.15, 0.2) is 11.6 Å². The SMILES string of the molecule is CC(C)(C)OC(=O)NCC1(O)CCN(c2ncc(C3CCC(=O)NC3=O)cc2F)CC1. The van der Waals surface area contributed by atoms with Crippen molar-refractivity contribution < 1.29 is 28.6 Å². The van der Waals surface area contributed by atoms with E-state index in [1.807, 2.05) is 0 Å². The van der Waals surface area contributed by atoms with Crippen molar-refractivity contribution in [1.29, 1.82) is 0 Å². The standard InChI is InChI=1S/C21H29FN4O5/c1-20(2,3)31-19(29)24-12-21(30)6-8-26(9-7-21)17-15(22)10-13(11-23-17)14-4-5-16(27)25-18(14)28/h10-11,14,30H,4-9,12H2,1-3H3,(H,24,29)(H,25,27,28). The molecule has 3 amide bonds. The summed E-state index contributed by atoms with van der Waals surface area (Å²) in [5, 5.41) is 15.6. The number of hydrogen-bond donors (Lipinski definition) is 3. The fraction of sp³-hybridized carbons (Fsp3) is 0.619. The lowest BCUT2D eigenvalue weighted by atomic mass is 9.90. The molecule has 0 radical (unpaired) electrons.